The molecular formula is C21H38IN5O. The van der Waals surface area contributed by atoms with Crippen LogP contribution in [0.2, 0.25) is 0 Å². The van der Waals surface area contributed by atoms with Crippen LogP contribution in [-0.4, -0.2) is 62.1 Å². The summed E-state index contributed by atoms with van der Waals surface area (Å²) in [6.45, 7) is 11.6. The number of nitrogens with one attached hydrogen (secondary N) is 3. The summed E-state index contributed by atoms with van der Waals surface area (Å²) in [5.41, 5.74) is 1.22. The van der Waals surface area contributed by atoms with E-state index in [1.54, 1.807) is 7.05 Å². The average molecular weight is 503 g/mol. The highest BCUT2D eigenvalue weighted by molar-refractivity contribution is 14.0. The van der Waals surface area contributed by atoms with Crippen molar-refractivity contribution in [3.8, 4) is 0 Å². The minimum atomic E-state index is -0.0281. The largest absolute Gasteiger partial charge is 0.356 e. The van der Waals surface area contributed by atoms with Gasteiger partial charge in [-0.3, -0.25) is 14.7 Å². The van der Waals surface area contributed by atoms with Gasteiger partial charge in [0.1, 0.15) is 0 Å². The van der Waals surface area contributed by atoms with Gasteiger partial charge in [-0.15, -0.1) is 24.0 Å². The summed E-state index contributed by atoms with van der Waals surface area (Å²) in [4.78, 5) is 18.6. The fourth-order valence-corrected chi connectivity index (χ4v) is 3.02. The van der Waals surface area contributed by atoms with Gasteiger partial charge in [0.15, 0.2) is 5.96 Å². The molecule has 0 unspecified atom stereocenters. The molecule has 0 spiro atoms. The molecule has 0 aliphatic rings. The molecule has 0 radical (unpaired) electrons. The fraction of sp³-hybridized carbons (Fsp3) is 0.619. The molecule has 0 heterocycles. The molecule has 0 aliphatic heterocycles. The van der Waals surface area contributed by atoms with Gasteiger partial charge >= 0.3 is 0 Å². The molecule has 0 bridgehead atoms. The number of nitrogens with zero attached hydrogens (tertiary/aromatic N) is 2. The van der Waals surface area contributed by atoms with E-state index < -0.39 is 0 Å². The molecule has 0 atom stereocenters. The molecule has 3 N–H and O–H groups in total. The Morgan fingerprint density at radius 3 is 2.21 bits per heavy atom. The molecule has 1 amide bonds. The molecule has 0 aliphatic carbocycles. The Bertz CT molecular complexity index is 555. The Morgan fingerprint density at radius 2 is 1.64 bits per heavy atom. The third kappa shape index (κ3) is 11.5. The summed E-state index contributed by atoms with van der Waals surface area (Å²) in [6.07, 6.45) is 1.86. The summed E-state index contributed by atoms with van der Waals surface area (Å²) < 4.78 is 0. The summed E-state index contributed by atoms with van der Waals surface area (Å²) >= 11 is 0. The van der Waals surface area contributed by atoms with E-state index in [1.165, 1.54) is 5.56 Å². The smallest absolute Gasteiger partial charge is 0.239 e. The molecule has 0 saturated carbocycles. The second kappa shape index (κ2) is 15.6. The van der Waals surface area contributed by atoms with Gasteiger partial charge in [-0.1, -0.05) is 30.3 Å². The van der Waals surface area contributed by atoms with E-state index >= 15 is 0 Å². The number of rotatable bonds is 11. The lowest BCUT2D eigenvalue weighted by atomic mass is 10.1. The highest BCUT2D eigenvalue weighted by atomic mass is 127. The molecule has 0 fully saturated rings. The summed E-state index contributed by atoms with van der Waals surface area (Å²) in [6, 6.07) is 11.2. The molecule has 1 aromatic carbocycles. The van der Waals surface area contributed by atoms with Crippen LogP contribution < -0.4 is 16.0 Å². The highest BCUT2D eigenvalue weighted by Crippen LogP contribution is 2.05. The van der Waals surface area contributed by atoms with Crippen LogP contribution >= 0.6 is 24.0 Å². The zero-order chi connectivity index (χ0) is 20.1. The Balaban J connectivity index is 0.00000729. The minimum absolute atomic E-state index is 0. The minimum Gasteiger partial charge on any atom is -0.356 e. The second-order valence-electron chi connectivity index (χ2n) is 7.22. The maximum absolute atomic E-state index is 12.0. The Morgan fingerprint density at radius 1 is 1.00 bits per heavy atom. The molecule has 0 aromatic heterocycles. The van der Waals surface area contributed by atoms with Gasteiger partial charge in [0, 0.05) is 38.8 Å². The van der Waals surface area contributed by atoms with Crippen LogP contribution in [0.25, 0.3) is 0 Å². The highest BCUT2D eigenvalue weighted by Gasteiger charge is 2.12. The number of carbonyl (C=O) groups is 1. The van der Waals surface area contributed by atoms with Crippen molar-refractivity contribution in [3.63, 3.8) is 0 Å². The number of hydrogen-bond donors (Lipinski definition) is 3. The van der Waals surface area contributed by atoms with Crippen LogP contribution in [0.15, 0.2) is 35.3 Å². The summed E-state index contributed by atoms with van der Waals surface area (Å²) in [5.74, 6) is 0.633. The van der Waals surface area contributed by atoms with E-state index in [4.69, 9.17) is 0 Å². The van der Waals surface area contributed by atoms with Crippen molar-refractivity contribution in [3.05, 3.63) is 35.9 Å². The number of aliphatic imine (C=N–C) groups is 1. The number of hydrogen-bond acceptors (Lipinski definition) is 3. The first kappa shape index (κ1) is 26.6. The van der Waals surface area contributed by atoms with Gasteiger partial charge in [0.25, 0.3) is 0 Å². The van der Waals surface area contributed by atoms with Gasteiger partial charge in [-0.05, 0) is 46.1 Å². The van der Waals surface area contributed by atoms with E-state index in [-0.39, 0.29) is 36.4 Å². The average Bonchev–Trinajstić information content (AvgIpc) is 2.64. The fourth-order valence-electron chi connectivity index (χ4n) is 3.02. The van der Waals surface area contributed by atoms with Crippen molar-refractivity contribution in [1.82, 2.24) is 20.9 Å². The number of benzene rings is 1. The quantitative estimate of drug-likeness (QED) is 0.188. The lowest BCUT2D eigenvalue weighted by Crippen LogP contribution is -2.44. The van der Waals surface area contributed by atoms with E-state index in [0.717, 1.165) is 25.9 Å². The van der Waals surface area contributed by atoms with E-state index in [9.17, 15) is 4.79 Å². The first-order valence-corrected chi connectivity index (χ1v) is 9.95. The van der Waals surface area contributed by atoms with Crippen molar-refractivity contribution in [2.24, 2.45) is 4.99 Å². The summed E-state index contributed by atoms with van der Waals surface area (Å²) in [5, 5.41) is 9.26. The number of halogens is 1. The lowest BCUT2D eigenvalue weighted by Gasteiger charge is -2.30. The first-order chi connectivity index (χ1) is 12.9. The maximum atomic E-state index is 12.0. The van der Waals surface area contributed by atoms with Crippen LogP contribution in [0.4, 0.5) is 0 Å². The lowest BCUT2D eigenvalue weighted by molar-refractivity contribution is -0.119. The number of carbonyl (C=O) groups excluding carboxylic acids is 1. The molecule has 1 rings (SSSR count). The third-order valence-corrected chi connectivity index (χ3v) is 4.43. The molecule has 28 heavy (non-hydrogen) atoms. The topological polar surface area (TPSA) is 68.8 Å². The van der Waals surface area contributed by atoms with Crippen molar-refractivity contribution in [2.45, 2.75) is 52.6 Å². The zero-order valence-corrected chi connectivity index (χ0v) is 20.3. The molecule has 1 aromatic rings. The van der Waals surface area contributed by atoms with Gasteiger partial charge in [-0.25, -0.2) is 0 Å². The van der Waals surface area contributed by atoms with Crippen molar-refractivity contribution < 1.29 is 4.79 Å². The third-order valence-electron chi connectivity index (χ3n) is 4.43. The van der Waals surface area contributed by atoms with Crippen molar-refractivity contribution in [2.75, 3.05) is 33.2 Å². The number of guanidine groups is 1. The first-order valence-electron chi connectivity index (χ1n) is 9.95. The molecule has 6 nitrogen and oxygen atoms in total. The van der Waals surface area contributed by atoms with Crippen molar-refractivity contribution >= 4 is 35.8 Å². The molecule has 0 saturated heterocycles. The zero-order valence-electron chi connectivity index (χ0n) is 18.0. The van der Waals surface area contributed by atoms with Crippen molar-refractivity contribution in [1.29, 1.82) is 0 Å². The van der Waals surface area contributed by atoms with Crippen LogP contribution in [0, 0.1) is 0 Å². The van der Waals surface area contributed by atoms with Crippen LogP contribution in [0.5, 0.6) is 0 Å². The van der Waals surface area contributed by atoms with Gasteiger partial charge in [-0.2, -0.15) is 0 Å². The second-order valence-corrected chi connectivity index (χ2v) is 7.22. The Kier molecular flexibility index (Phi) is 14.8. The normalized spacial score (nSPS) is 11.5. The summed E-state index contributed by atoms with van der Waals surface area (Å²) in [7, 11) is 1.72. The van der Waals surface area contributed by atoms with E-state index in [2.05, 4.69) is 65.7 Å². The standard InChI is InChI=1S/C21H37N5O.HI/c1-17(2)26(18(3)4)15-9-13-24-21(22-5)25-16-20(27)23-14-12-19-10-7-6-8-11-19;/h6-8,10-11,17-18H,9,12-16H2,1-5H3,(H,23,27)(H2,22,24,25);1H. The predicted molar refractivity (Wildman–Crippen MR) is 130 cm³/mol. The van der Waals surface area contributed by atoms with Crippen LogP contribution in [-0.2, 0) is 11.2 Å². The molecule has 7 heteroatoms. The Labute approximate surface area is 188 Å². The van der Waals surface area contributed by atoms with Gasteiger partial charge in [0.05, 0.1) is 6.54 Å². The van der Waals surface area contributed by atoms with E-state index in [0.29, 0.717) is 24.6 Å². The molecule has 160 valence electrons. The molecular weight excluding hydrogens is 465 g/mol. The monoisotopic (exact) mass is 503 g/mol. The SMILES string of the molecule is CN=C(NCCCN(C(C)C)C(C)C)NCC(=O)NCCc1ccccc1.I. The Hall–Kier alpha value is -1.35. The van der Waals surface area contributed by atoms with Crippen LogP contribution in [0.1, 0.15) is 39.7 Å². The van der Waals surface area contributed by atoms with Gasteiger partial charge in [0.2, 0.25) is 5.91 Å². The predicted octanol–water partition coefficient (Wildman–Crippen LogP) is 2.64. The number of amides is 1. The van der Waals surface area contributed by atoms with E-state index in [1.807, 2.05) is 18.2 Å². The van der Waals surface area contributed by atoms with Crippen LogP contribution in [0.3, 0.4) is 0 Å². The van der Waals surface area contributed by atoms with Gasteiger partial charge < -0.3 is 16.0 Å². The maximum Gasteiger partial charge on any atom is 0.239 e.